The van der Waals surface area contributed by atoms with Gasteiger partial charge >= 0.3 is 0 Å². The van der Waals surface area contributed by atoms with Crippen molar-refractivity contribution in [3.05, 3.63) is 23.3 Å². The normalized spacial score (nSPS) is 25.1. The van der Waals surface area contributed by atoms with E-state index in [-0.39, 0.29) is 5.41 Å². The molecule has 0 heterocycles. The fourth-order valence-electron chi connectivity index (χ4n) is 4.99. The lowest BCUT2D eigenvalue weighted by molar-refractivity contribution is 0.422. The lowest BCUT2D eigenvalue weighted by Gasteiger charge is -2.26. The summed E-state index contributed by atoms with van der Waals surface area (Å²) in [4.78, 5) is 0. The van der Waals surface area contributed by atoms with Gasteiger partial charge in [0, 0.05) is 18.5 Å². The minimum Gasteiger partial charge on any atom is -0.316 e. The third kappa shape index (κ3) is 3.91. The summed E-state index contributed by atoms with van der Waals surface area (Å²) in [6.45, 7) is 8.74. The standard InChI is InChI=1S/C21H36N2/c1-3-22-15-21(16-23-4-2)13-19(17-9-5-6-10-17)20(14-21)18-11-7-8-12-18/h13-14,17-18,22-23H,3-12,15-16H2,1-2H3. The minimum atomic E-state index is 0.210. The minimum absolute atomic E-state index is 0.210. The number of hydrogen-bond acceptors (Lipinski definition) is 2. The molecule has 3 aliphatic rings. The van der Waals surface area contributed by atoms with Crippen LogP contribution in [0.1, 0.15) is 65.2 Å². The molecule has 23 heavy (non-hydrogen) atoms. The molecule has 2 heteroatoms. The van der Waals surface area contributed by atoms with Crippen LogP contribution in [-0.4, -0.2) is 26.2 Å². The zero-order valence-corrected chi connectivity index (χ0v) is 15.3. The Labute approximate surface area is 143 Å². The van der Waals surface area contributed by atoms with E-state index in [0.29, 0.717) is 0 Å². The summed E-state index contributed by atoms with van der Waals surface area (Å²) in [7, 11) is 0. The van der Waals surface area contributed by atoms with Gasteiger partial charge in [-0.05, 0) is 61.8 Å². The molecule has 2 fully saturated rings. The lowest BCUT2D eigenvalue weighted by Crippen LogP contribution is -2.39. The molecule has 0 aliphatic heterocycles. The highest BCUT2D eigenvalue weighted by Gasteiger charge is 2.38. The van der Waals surface area contributed by atoms with Crippen LogP contribution in [0, 0.1) is 17.3 Å². The number of nitrogens with one attached hydrogen (secondary N) is 2. The molecule has 0 radical (unpaired) electrons. The van der Waals surface area contributed by atoms with Crippen molar-refractivity contribution in [1.29, 1.82) is 0 Å². The number of allylic oxidation sites excluding steroid dienone is 2. The average molecular weight is 317 g/mol. The predicted molar refractivity (Wildman–Crippen MR) is 99.6 cm³/mol. The maximum absolute atomic E-state index is 3.63. The van der Waals surface area contributed by atoms with Crippen molar-refractivity contribution in [2.45, 2.75) is 65.2 Å². The maximum Gasteiger partial charge on any atom is 0.0323 e. The Kier molecular flexibility index (Phi) is 5.98. The van der Waals surface area contributed by atoms with Crippen molar-refractivity contribution in [2.24, 2.45) is 17.3 Å². The molecular formula is C21H36N2. The molecule has 0 spiro atoms. The van der Waals surface area contributed by atoms with Gasteiger partial charge in [0.15, 0.2) is 0 Å². The van der Waals surface area contributed by atoms with Crippen LogP contribution in [0.4, 0.5) is 0 Å². The van der Waals surface area contributed by atoms with E-state index in [9.17, 15) is 0 Å². The van der Waals surface area contributed by atoms with E-state index < -0.39 is 0 Å². The van der Waals surface area contributed by atoms with Crippen LogP contribution in [0.2, 0.25) is 0 Å². The monoisotopic (exact) mass is 316 g/mol. The summed E-state index contributed by atoms with van der Waals surface area (Å²) in [6, 6.07) is 0. The summed E-state index contributed by atoms with van der Waals surface area (Å²) in [6.07, 6.45) is 16.8. The molecular weight excluding hydrogens is 280 g/mol. The Morgan fingerprint density at radius 2 is 1.17 bits per heavy atom. The van der Waals surface area contributed by atoms with Crippen molar-refractivity contribution < 1.29 is 0 Å². The SMILES string of the molecule is CCNCC1(CNCC)C=C(C2CCCC2)C(C2CCCC2)=C1. The van der Waals surface area contributed by atoms with Crippen LogP contribution in [-0.2, 0) is 0 Å². The first-order valence-corrected chi connectivity index (χ1v) is 10.2. The molecule has 0 aromatic carbocycles. The van der Waals surface area contributed by atoms with E-state index in [4.69, 9.17) is 0 Å². The zero-order valence-electron chi connectivity index (χ0n) is 15.3. The predicted octanol–water partition coefficient (Wildman–Crippen LogP) is 4.44. The molecule has 130 valence electrons. The smallest absolute Gasteiger partial charge is 0.0323 e. The second-order valence-corrected chi connectivity index (χ2v) is 7.96. The van der Waals surface area contributed by atoms with Crippen LogP contribution < -0.4 is 10.6 Å². The van der Waals surface area contributed by atoms with E-state index in [1.807, 2.05) is 0 Å². The highest BCUT2D eigenvalue weighted by Crippen LogP contribution is 2.48. The van der Waals surface area contributed by atoms with Gasteiger partial charge in [-0.3, -0.25) is 0 Å². The molecule has 0 bridgehead atoms. The van der Waals surface area contributed by atoms with Crippen molar-refractivity contribution in [1.82, 2.24) is 10.6 Å². The van der Waals surface area contributed by atoms with Gasteiger partial charge in [-0.1, -0.05) is 51.7 Å². The van der Waals surface area contributed by atoms with Crippen LogP contribution in [0.15, 0.2) is 23.3 Å². The summed E-state index contributed by atoms with van der Waals surface area (Å²) in [5, 5.41) is 7.27. The fraction of sp³-hybridized carbons (Fsp3) is 0.810. The van der Waals surface area contributed by atoms with Crippen molar-refractivity contribution in [2.75, 3.05) is 26.2 Å². The first-order chi connectivity index (χ1) is 11.3. The first-order valence-electron chi connectivity index (χ1n) is 10.2. The Bertz CT molecular complexity index is 395. The molecule has 3 rings (SSSR count). The van der Waals surface area contributed by atoms with Crippen molar-refractivity contribution in [3.8, 4) is 0 Å². The topological polar surface area (TPSA) is 24.1 Å². The zero-order chi connectivity index (χ0) is 16.1. The van der Waals surface area contributed by atoms with Crippen LogP contribution >= 0.6 is 0 Å². The van der Waals surface area contributed by atoms with Gasteiger partial charge in [-0.15, -0.1) is 0 Å². The van der Waals surface area contributed by atoms with Crippen molar-refractivity contribution >= 4 is 0 Å². The Balaban J connectivity index is 1.87. The quantitative estimate of drug-likeness (QED) is 0.692. The van der Waals surface area contributed by atoms with E-state index >= 15 is 0 Å². The van der Waals surface area contributed by atoms with Crippen LogP contribution in [0.5, 0.6) is 0 Å². The largest absolute Gasteiger partial charge is 0.316 e. The average Bonchev–Trinajstić information content (AvgIpc) is 3.31. The summed E-state index contributed by atoms with van der Waals surface area (Å²) in [5.74, 6) is 1.71. The second-order valence-electron chi connectivity index (χ2n) is 7.96. The fourth-order valence-corrected chi connectivity index (χ4v) is 4.99. The van der Waals surface area contributed by atoms with E-state index in [2.05, 4.69) is 36.6 Å². The summed E-state index contributed by atoms with van der Waals surface area (Å²) in [5.41, 5.74) is 3.72. The van der Waals surface area contributed by atoms with Gasteiger partial charge in [0.25, 0.3) is 0 Å². The summed E-state index contributed by atoms with van der Waals surface area (Å²) >= 11 is 0. The molecule has 0 amide bonds. The van der Waals surface area contributed by atoms with E-state index in [1.54, 1.807) is 11.1 Å². The molecule has 2 nitrogen and oxygen atoms in total. The lowest BCUT2D eigenvalue weighted by atomic mass is 9.85. The third-order valence-electron chi connectivity index (χ3n) is 6.22. The Hall–Kier alpha value is -0.600. The van der Waals surface area contributed by atoms with Crippen molar-refractivity contribution in [3.63, 3.8) is 0 Å². The van der Waals surface area contributed by atoms with Gasteiger partial charge in [0.05, 0.1) is 0 Å². The highest BCUT2D eigenvalue weighted by molar-refractivity contribution is 5.46. The molecule has 3 aliphatic carbocycles. The molecule has 0 aromatic heterocycles. The number of rotatable bonds is 8. The van der Waals surface area contributed by atoms with Gasteiger partial charge in [0.1, 0.15) is 0 Å². The summed E-state index contributed by atoms with van der Waals surface area (Å²) < 4.78 is 0. The molecule has 0 atom stereocenters. The van der Waals surface area contributed by atoms with Crippen LogP contribution in [0.25, 0.3) is 0 Å². The Morgan fingerprint density at radius 1 is 0.783 bits per heavy atom. The highest BCUT2D eigenvalue weighted by atomic mass is 14.9. The number of hydrogen-bond donors (Lipinski definition) is 2. The van der Waals surface area contributed by atoms with Gasteiger partial charge in [-0.25, -0.2) is 0 Å². The van der Waals surface area contributed by atoms with Gasteiger partial charge < -0.3 is 10.6 Å². The Morgan fingerprint density at radius 3 is 1.52 bits per heavy atom. The van der Waals surface area contributed by atoms with Gasteiger partial charge in [-0.2, -0.15) is 0 Å². The molecule has 2 saturated carbocycles. The molecule has 2 N–H and O–H groups in total. The van der Waals surface area contributed by atoms with Gasteiger partial charge in [0.2, 0.25) is 0 Å². The molecule has 0 unspecified atom stereocenters. The molecule has 0 saturated heterocycles. The van der Waals surface area contributed by atoms with E-state index in [1.165, 1.54) is 51.4 Å². The van der Waals surface area contributed by atoms with Crippen LogP contribution in [0.3, 0.4) is 0 Å². The second kappa shape index (κ2) is 7.98. The first kappa shape index (κ1) is 17.2. The third-order valence-corrected chi connectivity index (χ3v) is 6.22. The van der Waals surface area contributed by atoms with E-state index in [0.717, 1.165) is 38.0 Å². The maximum atomic E-state index is 3.63. The molecule has 0 aromatic rings.